The van der Waals surface area contributed by atoms with Crippen LogP contribution < -0.4 is 0 Å². The number of hydrogen-bond acceptors (Lipinski definition) is 2. The second kappa shape index (κ2) is 3.88. The molecule has 1 N–H and O–H groups in total. The molecule has 0 radical (unpaired) electrons. The van der Waals surface area contributed by atoms with Crippen LogP contribution in [0.15, 0.2) is 22.8 Å². The largest absolute Gasteiger partial charge is 0.450 e. The van der Waals surface area contributed by atoms with Gasteiger partial charge in [0, 0.05) is 16.4 Å². The summed E-state index contributed by atoms with van der Waals surface area (Å²) in [7, 11) is 0. The van der Waals surface area contributed by atoms with E-state index in [1.807, 2.05) is 12.1 Å². The maximum Gasteiger partial charge on any atom is 0.291 e. The Hall–Kier alpha value is -0.345. The van der Waals surface area contributed by atoms with Crippen LogP contribution in [0.5, 0.6) is 0 Å². The minimum atomic E-state index is -0.322. The summed E-state index contributed by atoms with van der Waals surface area (Å²) in [5.74, 6) is 0. The smallest absolute Gasteiger partial charge is 0.291 e. The van der Waals surface area contributed by atoms with Crippen LogP contribution in [0.2, 0.25) is 6.82 Å². The van der Waals surface area contributed by atoms with Gasteiger partial charge in [-0.3, -0.25) is 4.98 Å². The van der Waals surface area contributed by atoms with Gasteiger partial charge in [-0.25, -0.2) is 0 Å². The third kappa shape index (κ3) is 3.03. The first-order chi connectivity index (χ1) is 5.18. The van der Waals surface area contributed by atoms with E-state index in [1.165, 1.54) is 0 Å². The molecule has 1 heterocycles. The van der Waals surface area contributed by atoms with Crippen molar-refractivity contribution in [1.82, 2.24) is 4.98 Å². The molecular weight excluding hydrogens is 205 g/mol. The highest BCUT2D eigenvalue weighted by Crippen LogP contribution is 2.09. The molecule has 11 heavy (non-hydrogen) atoms. The maximum atomic E-state index is 9.04. The molecule has 0 bridgehead atoms. The third-order valence-electron chi connectivity index (χ3n) is 1.28. The van der Waals surface area contributed by atoms with Gasteiger partial charge in [0.15, 0.2) is 0 Å². The highest BCUT2D eigenvalue weighted by atomic mass is 79.9. The molecule has 2 nitrogen and oxygen atoms in total. The van der Waals surface area contributed by atoms with E-state index in [1.54, 1.807) is 13.0 Å². The highest BCUT2D eigenvalue weighted by Gasteiger charge is 2.04. The van der Waals surface area contributed by atoms with Crippen LogP contribution in [-0.4, -0.2) is 16.9 Å². The molecule has 1 aromatic rings. The summed E-state index contributed by atoms with van der Waals surface area (Å²) in [4.78, 5) is 4.09. The average molecular weight is 214 g/mol. The Bertz CT molecular complexity index is 242. The van der Waals surface area contributed by atoms with E-state index in [0.717, 1.165) is 10.2 Å². The molecule has 0 unspecified atom stereocenters. The average Bonchev–Trinajstić information content (AvgIpc) is 1.85. The summed E-state index contributed by atoms with van der Waals surface area (Å²) < 4.78 is 1.00. The van der Waals surface area contributed by atoms with Crippen LogP contribution in [0.4, 0.5) is 0 Å². The first-order valence-corrected chi connectivity index (χ1v) is 4.26. The van der Waals surface area contributed by atoms with Crippen molar-refractivity contribution in [3.63, 3.8) is 0 Å². The Morgan fingerprint density at radius 2 is 2.45 bits per heavy atom. The van der Waals surface area contributed by atoms with Crippen molar-refractivity contribution in [2.24, 2.45) is 0 Å². The second-order valence-corrected chi connectivity index (χ2v) is 3.43. The molecule has 0 aromatic carbocycles. The molecule has 1 aromatic heterocycles. The Kier molecular flexibility index (Phi) is 3.08. The topological polar surface area (TPSA) is 33.1 Å². The Balaban J connectivity index is 2.71. The second-order valence-electron chi connectivity index (χ2n) is 2.52. The Morgan fingerprint density at radius 3 is 3.00 bits per heavy atom. The van der Waals surface area contributed by atoms with Crippen molar-refractivity contribution >= 4 is 22.8 Å². The molecule has 0 aliphatic heterocycles. The summed E-state index contributed by atoms with van der Waals surface area (Å²) in [6.07, 6.45) is 2.33. The van der Waals surface area contributed by atoms with E-state index >= 15 is 0 Å². The summed E-state index contributed by atoms with van der Waals surface area (Å²) >= 11 is 3.33. The summed E-state index contributed by atoms with van der Waals surface area (Å²) in [6.45, 7) is 1.43. The van der Waals surface area contributed by atoms with Gasteiger partial charge in [0.05, 0.1) is 0 Å². The van der Waals surface area contributed by atoms with E-state index in [4.69, 9.17) is 5.02 Å². The van der Waals surface area contributed by atoms with Gasteiger partial charge in [0.1, 0.15) is 0 Å². The van der Waals surface area contributed by atoms with Crippen LogP contribution >= 0.6 is 15.9 Å². The van der Waals surface area contributed by atoms with Gasteiger partial charge >= 0.3 is 0 Å². The van der Waals surface area contributed by atoms with Crippen molar-refractivity contribution in [2.75, 3.05) is 0 Å². The van der Waals surface area contributed by atoms with E-state index in [0.29, 0.717) is 6.32 Å². The van der Waals surface area contributed by atoms with Crippen molar-refractivity contribution in [3.8, 4) is 0 Å². The van der Waals surface area contributed by atoms with E-state index in [-0.39, 0.29) is 6.92 Å². The Morgan fingerprint density at radius 1 is 1.73 bits per heavy atom. The van der Waals surface area contributed by atoms with Crippen LogP contribution in [0, 0.1) is 0 Å². The molecule has 4 heteroatoms. The molecule has 1 rings (SSSR count). The van der Waals surface area contributed by atoms with Gasteiger partial charge in [-0.1, -0.05) is 22.8 Å². The lowest BCUT2D eigenvalue weighted by molar-refractivity contribution is 0.575. The molecule has 58 valence electrons. The van der Waals surface area contributed by atoms with E-state index in [2.05, 4.69) is 20.9 Å². The maximum absolute atomic E-state index is 9.04. The molecule has 0 aliphatic carbocycles. The predicted molar refractivity (Wildman–Crippen MR) is 49.5 cm³/mol. The van der Waals surface area contributed by atoms with Crippen molar-refractivity contribution in [3.05, 3.63) is 28.5 Å². The SMILES string of the molecule is CB(O)Cc1cc(Br)ccn1. The summed E-state index contributed by atoms with van der Waals surface area (Å²) in [5.41, 5.74) is 0.911. The minimum absolute atomic E-state index is 0.322. The van der Waals surface area contributed by atoms with Crippen LogP contribution in [0.25, 0.3) is 0 Å². The number of hydrogen-bond donors (Lipinski definition) is 1. The van der Waals surface area contributed by atoms with Gasteiger partial charge in [-0.2, -0.15) is 0 Å². The zero-order valence-corrected chi connectivity index (χ0v) is 7.87. The molecule has 0 aliphatic rings. The zero-order chi connectivity index (χ0) is 8.27. The molecule has 0 atom stereocenters. The number of nitrogens with zero attached hydrogens (tertiary/aromatic N) is 1. The fourth-order valence-electron chi connectivity index (χ4n) is 0.863. The van der Waals surface area contributed by atoms with E-state index < -0.39 is 0 Å². The molecule has 0 saturated heterocycles. The van der Waals surface area contributed by atoms with Gasteiger partial charge in [-0.05, 0) is 18.5 Å². The molecule has 0 fully saturated rings. The normalized spacial score (nSPS) is 9.73. The summed E-state index contributed by atoms with van der Waals surface area (Å²) in [5, 5.41) is 9.04. The first-order valence-electron chi connectivity index (χ1n) is 3.47. The van der Waals surface area contributed by atoms with Crippen molar-refractivity contribution in [2.45, 2.75) is 13.1 Å². The summed E-state index contributed by atoms with van der Waals surface area (Å²) in [6, 6.07) is 3.78. The molecular formula is C7H9BBrNO. The van der Waals surface area contributed by atoms with Crippen molar-refractivity contribution < 1.29 is 5.02 Å². The molecule has 0 spiro atoms. The zero-order valence-electron chi connectivity index (χ0n) is 6.29. The van der Waals surface area contributed by atoms with Gasteiger partial charge in [0.2, 0.25) is 0 Å². The Labute approximate surface area is 74.9 Å². The van der Waals surface area contributed by atoms with Crippen LogP contribution in [0.3, 0.4) is 0 Å². The number of pyridine rings is 1. The third-order valence-corrected chi connectivity index (χ3v) is 1.78. The van der Waals surface area contributed by atoms with Crippen LogP contribution in [-0.2, 0) is 6.32 Å². The molecule has 0 amide bonds. The first kappa shape index (κ1) is 8.75. The number of rotatable bonds is 2. The quantitative estimate of drug-likeness (QED) is 0.757. The number of halogens is 1. The lowest BCUT2D eigenvalue weighted by Gasteiger charge is -1.99. The highest BCUT2D eigenvalue weighted by molar-refractivity contribution is 9.10. The minimum Gasteiger partial charge on any atom is -0.450 e. The van der Waals surface area contributed by atoms with Crippen molar-refractivity contribution in [1.29, 1.82) is 0 Å². The van der Waals surface area contributed by atoms with Gasteiger partial charge in [-0.15, -0.1) is 0 Å². The van der Waals surface area contributed by atoms with Gasteiger partial charge in [0.25, 0.3) is 6.92 Å². The monoisotopic (exact) mass is 213 g/mol. The standard InChI is InChI=1S/C7H9BBrNO/c1-8(11)5-7-4-6(9)2-3-10-7/h2-4,11H,5H2,1H3. The van der Waals surface area contributed by atoms with Crippen LogP contribution in [0.1, 0.15) is 5.69 Å². The van der Waals surface area contributed by atoms with E-state index in [9.17, 15) is 0 Å². The number of aromatic nitrogens is 1. The van der Waals surface area contributed by atoms with Gasteiger partial charge < -0.3 is 5.02 Å². The fraction of sp³-hybridized carbons (Fsp3) is 0.286. The predicted octanol–water partition coefficient (Wildman–Crippen LogP) is 1.54. The lowest BCUT2D eigenvalue weighted by Crippen LogP contribution is -2.11. The molecule has 0 saturated carbocycles. The fourth-order valence-corrected chi connectivity index (χ4v) is 1.25. The lowest BCUT2D eigenvalue weighted by atomic mass is 9.67.